The molecule has 0 saturated carbocycles. The number of alkyl halides is 1. The lowest BCUT2D eigenvalue weighted by Gasteiger charge is -2.12. The van der Waals surface area contributed by atoms with Crippen LogP contribution < -0.4 is 10.4 Å². The fourth-order valence-corrected chi connectivity index (χ4v) is 2.77. The van der Waals surface area contributed by atoms with Crippen LogP contribution in [-0.2, 0) is 0 Å². The van der Waals surface area contributed by atoms with Gasteiger partial charge in [0, 0.05) is 0 Å². The van der Waals surface area contributed by atoms with Crippen LogP contribution in [0.4, 0.5) is 0 Å². The SMILES string of the molecule is COc1cccc(C(Br)c2ccc3[nH]c(=O)[nH]c3c2)c1. The molecule has 0 saturated heterocycles. The van der Waals surface area contributed by atoms with Gasteiger partial charge in [-0.3, -0.25) is 0 Å². The average molecular weight is 333 g/mol. The molecule has 4 nitrogen and oxygen atoms in total. The first-order valence-electron chi connectivity index (χ1n) is 6.17. The zero-order chi connectivity index (χ0) is 14.1. The number of ether oxygens (including phenoxy) is 1. The number of rotatable bonds is 3. The maximum atomic E-state index is 11.3. The van der Waals surface area contributed by atoms with E-state index in [1.54, 1.807) is 7.11 Å². The third-order valence-corrected chi connectivity index (χ3v) is 4.28. The van der Waals surface area contributed by atoms with E-state index in [0.29, 0.717) is 0 Å². The van der Waals surface area contributed by atoms with Crippen molar-refractivity contribution in [1.82, 2.24) is 9.97 Å². The zero-order valence-corrected chi connectivity index (χ0v) is 12.4. The number of benzene rings is 2. The summed E-state index contributed by atoms with van der Waals surface area (Å²) in [5.74, 6) is 0.822. The van der Waals surface area contributed by atoms with Gasteiger partial charge in [0.2, 0.25) is 0 Å². The summed E-state index contributed by atoms with van der Waals surface area (Å²) >= 11 is 3.69. The minimum atomic E-state index is -0.190. The van der Waals surface area contributed by atoms with Crippen molar-refractivity contribution in [3.05, 3.63) is 64.1 Å². The van der Waals surface area contributed by atoms with E-state index in [0.717, 1.165) is 27.9 Å². The molecule has 0 amide bonds. The van der Waals surface area contributed by atoms with Gasteiger partial charge in [0.25, 0.3) is 0 Å². The summed E-state index contributed by atoms with van der Waals surface area (Å²) in [7, 11) is 1.65. The molecule has 0 spiro atoms. The van der Waals surface area contributed by atoms with Gasteiger partial charge in [0.15, 0.2) is 0 Å². The lowest BCUT2D eigenvalue weighted by molar-refractivity contribution is 0.414. The van der Waals surface area contributed by atoms with E-state index in [9.17, 15) is 4.79 Å². The second kappa shape index (κ2) is 5.17. The number of imidazole rings is 1. The number of fused-ring (bicyclic) bond motifs is 1. The monoisotopic (exact) mass is 332 g/mol. The van der Waals surface area contributed by atoms with E-state index < -0.39 is 0 Å². The first-order valence-corrected chi connectivity index (χ1v) is 7.09. The third kappa shape index (κ3) is 2.36. The first-order chi connectivity index (χ1) is 9.67. The molecule has 0 fully saturated rings. The molecule has 2 aromatic carbocycles. The van der Waals surface area contributed by atoms with Gasteiger partial charge in [0.05, 0.1) is 23.0 Å². The molecular weight excluding hydrogens is 320 g/mol. The molecule has 1 unspecified atom stereocenters. The summed E-state index contributed by atoms with van der Waals surface area (Å²) in [6.45, 7) is 0. The van der Waals surface area contributed by atoms with Crippen LogP contribution in [-0.4, -0.2) is 17.1 Å². The van der Waals surface area contributed by atoms with Crippen molar-refractivity contribution >= 4 is 27.0 Å². The van der Waals surface area contributed by atoms with Gasteiger partial charge in [0.1, 0.15) is 5.75 Å². The van der Waals surface area contributed by atoms with Crippen LogP contribution in [0.3, 0.4) is 0 Å². The molecule has 1 heterocycles. The van der Waals surface area contributed by atoms with Gasteiger partial charge >= 0.3 is 5.69 Å². The Kier molecular flexibility index (Phi) is 3.36. The average Bonchev–Trinajstić information content (AvgIpc) is 2.85. The molecule has 0 aliphatic rings. The Morgan fingerprint density at radius 2 is 1.80 bits per heavy atom. The van der Waals surface area contributed by atoms with Crippen LogP contribution in [0.15, 0.2) is 47.3 Å². The minimum absolute atomic E-state index is 0.0420. The molecule has 2 N–H and O–H groups in total. The molecule has 0 radical (unpaired) electrons. The Bertz CT molecular complexity index is 807. The van der Waals surface area contributed by atoms with Crippen molar-refractivity contribution in [1.29, 1.82) is 0 Å². The van der Waals surface area contributed by atoms with Crippen molar-refractivity contribution in [3.8, 4) is 5.75 Å². The van der Waals surface area contributed by atoms with Crippen LogP contribution in [0, 0.1) is 0 Å². The molecule has 102 valence electrons. The molecule has 1 aromatic heterocycles. The first kappa shape index (κ1) is 13.0. The van der Waals surface area contributed by atoms with Gasteiger partial charge in [-0.2, -0.15) is 0 Å². The zero-order valence-electron chi connectivity index (χ0n) is 10.8. The van der Waals surface area contributed by atoms with E-state index in [1.807, 2.05) is 42.5 Å². The largest absolute Gasteiger partial charge is 0.497 e. The van der Waals surface area contributed by atoms with E-state index in [4.69, 9.17) is 4.74 Å². The Morgan fingerprint density at radius 3 is 2.60 bits per heavy atom. The molecule has 3 aromatic rings. The highest BCUT2D eigenvalue weighted by atomic mass is 79.9. The van der Waals surface area contributed by atoms with Crippen LogP contribution in [0.2, 0.25) is 0 Å². The highest BCUT2D eigenvalue weighted by Crippen LogP contribution is 2.33. The Balaban J connectivity index is 2.02. The van der Waals surface area contributed by atoms with Crippen molar-refractivity contribution < 1.29 is 4.74 Å². The number of aromatic amines is 2. The Morgan fingerprint density at radius 1 is 1.05 bits per heavy atom. The molecular formula is C15H13BrN2O2. The maximum absolute atomic E-state index is 11.3. The maximum Gasteiger partial charge on any atom is 0.323 e. The summed E-state index contributed by atoms with van der Waals surface area (Å²) in [6, 6.07) is 13.7. The number of H-pyrrole nitrogens is 2. The van der Waals surface area contributed by atoms with Crippen molar-refractivity contribution in [2.24, 2.45) is 0 Å². The van der Waals surface area contributed by atoms with Crippen LogP contribution in [0.5, 0.6) is 5.75 Å². The van der Waals surface area contributed by atoms with Crippen molar-refractivity contribution in [2.45, 2.75) is 4.83 Å². The normalized spacial score (nSPS) is 12.5. The fourth-order valence-electron chi connectivity index (χ4n) is 2.20. The van der Waals surface area contributed by atoms with Crippen LogP contribution in [0.25, 0.3) is 11.0 Å². The number of halogens is 1. The van der Waals surface area contributed by atoms with Gasteiger partial charge < -0.3 is 14.7 Å². The predicted molar refractivity (Wildman–Crippen MR) is 82.7 cm³/mol. The van der Waals surface area contributed by atoms with E-state index >= 15 is 0 Å². The molecule has 5 heteroatoms. The standard InChI is InChI=1S/C15H13BrN2O2/c1-20-11-4-2-3-9(7-11)14(16)10-5-6-12-13(8-10)18-15(19)17-12/h2-8,14H,1H3,(H2,17,18,19). The Labute approximate surface area is 123 Å². The number of methoxy groups -OCH3 is 1. The summed E-state index contributed by atoms with van der Waals surface area (Å²) in [4.78, 5) is 16.8. The lowest BCUT2D eigenvalue weighted by atomic mass is 10.0. The van der Waals surface area contributed by atoms with E-state index in [-0.39, 0.29) is 10.5 Å². The van der Waals surface area contributed by atoms with Crippen molar-refractivity contribution in [2.75, 3.05) is 7.11 Å². The van der Waals surface area contributed by atoms with Gasteiger partial charge in [-0.25, -0.2) is 4.79 Å². The number of nitrogens with one attached hydrogen (secondary N) is 2. The number of hydrogen-bond donors (Lipinski definition) is 2. The van der Waals surface area contributed by atoms with Gasteiger partial charge in [-0.15, -0.1) is 0 Å². The summed E-state index contributed by atoms with van der Waals surface area (Å²) in [5, 5.41) is 0. The van der Waals surface area contributed by atoms with E-state index in [1.165, 1.54) is 0 Å². The topological polar surface area (TPSA) is 57.9 Å². The predicted octanol–water partition coefficient (Wildman–Crippen LogP) is 3.35. The summed E-state index contributed by atoms with van der Waals surface area (Å²) in [6.07, 6.45) is 0. The van der Waals surface area contributed by atoms with Crippen LogP contribution in [0.1, 0.15) is 16.0 Å². The molecule has 0 bridgehead atoms. The van der Waals surface area contributed by atoms with Gasteiger partial charge in [-0.05, 0) is 35.4 Å². The summed E-state index contributed by atoms with van der Waals surface area (Å²) < 4.78 is 5.24. The Hall–Kier alpha value is -2.01. The highest BCUT2D eigenvalue weighted by Gasteiger charge is 2.12. The van der Waals surface area contributed by atoms with Gasteiger partial charge in [-0.1, -0.05) is 34.1 Å². The molecule has 1 atom stereocenters. The quantitative estimate of drug-likeness (QED) is 0.722. The number of hydrogen-bond acceptors (Lipinski definition) is 2. The minimum Gasteiger partial charge on any atom is -0.497 e. The molecule has 3 rings (SSSR count). The second-order valence-electron chi connectivity index (χ2n) is 4.52. The lowest BCUT2D eigenvalue weighted by Crippen LogP contribution is -1.99. The van der Waals surface area contributed by atoms with E-state index in [2.05, 4.69) is 25.9 Å². The number of aromatic nitrogens is 2. The second-order valence-corrected chi connectivity index (χ2v) is 5.44. The molecule has 0 aliphatic heterocycles. The fraction of sp³-hybridized carbons (Fsp3) is 0.133. The highest BCUT2D eigenvalue weighted by molar-refractivity contribution is 9.09. The molecule has 20 heavy (non-hydrogen) atoms. The van der Waals surface area contributed by atoms with Crippen molar-refractivity contribution in [3.63, 3.8) is 0 Å². The third-order valence-electron chi connectivity index (χ3n) is 3.22. The summed E-state index contributed by atoms with van der Waals surface area (Å²) in [5.41, 5.74) is 3.59. The molecule has 0 aliphatic carbocycles. The smallest absolute Gasteiger partial charge is 0.323 e. The van der Waals surface area contributed by atoms with Crippen LogP contribution >= 0.6 is 15.9 Å².